The van der Waals surface area contributed by atoms with Gasteiger partial charge >= 0.3 is 0 Å². The van der Waals surface area contributed by atoms with E-state index in [1.54, 1.807) is 12.1 Å². The molecule has 2 amide bonds. The Labute approximate surface area is 263 Å². The molecule has 0 unspecified atom stereocenters. The molecule has 2 atom stereocenters. The first-order valence-electron chi connectivity index (χ1n) is 13.5. The zero-order valence-electron chi connectivity index (χ0n) is 24.1. The molecule has 0 bridgehead atoms. The summed E-state index contributed by atoms with van der Waals surface area (Å²) in [7, 11) is 2.04. The zero-order chi connectivity index (χ0) is 32.3. The Bertz CT molecular complexity index is 1740. The Morgan fingerprint density at radius 3 is 2.56 bits per heavy atom. The number of likely N-dealkylation sites (N-methyl/N-ethyl adjacent to an activating group) is 1. The summed E-state index contributed by atoms with van der Waals surface area (Å²) in [6, 6.07) is 2.17. The molecule has 0 spiro atoms. The van der Waals surface area contributed by atoms with Crippen LogP contribution in [0.15, 0.2) is 29.1 Å². The molecule has 45 heavy (non-hydrogen) atoms. The van der Waals surface area contributed by atoms with E-state index in [1.165, 1.54) is 36.7 Å². The highest BCUT2D eigenvalue weighted by Crippen LogP contribution is 2.45. The summed E-state index contributed by atoms with van der Waals surface area (Å²) in [5.41, 5.74) is 6.74. The number of oxime groups is 1. The number of aliphatic carboxylic acids is 1. The second kappa shape index (κ2) is 11.0. The van der Waals surface area contributed by atoms with Crippen molar-refractivity contribution in [2.45, 2.75) is 44.0 Å². The molecule has 5 N–H and O–H groups in total. The summed E-state index contributed by atoms with van der Waals surface area (Å²) in [6.45, 7) is 4.09. The number of hydrogen-bond acceptors (Lipinski definition) is 15. The van der Waals surface area contributed by atoms with Gasteiger partial charge in [0.2, 0.25) is 0 Å². The van der Waals surface area contributed by atoms with Gasteiger partial charge in [0.1, 0.15) is 31.0 Å². The number of amides is 2. The van der Waals surface area contributed by atoms with Gasteiger partial charge in [-0.2, -0.15) is 5.21 Å². The maximum Gasteiger partial charge on any atom is 0.275 e. The summed E-state index contributed by atoms with van der Waals surface area (Å²) in [5.74, 6) is -2.48. The molecule has 6 rings (SSSR count). The normalized spacial score (nSPS) is 20.8. The Morgan fingerprint density at radius 1 is 1.29 bits per heavy atom. The zero-order valence-corrected chi connectivity index (χ0v) is 25.8. The molecule has 1 aromatic carbocycles. The van der Waals surface area contributed by atoms with Crippen LogP contribution in [0.25, 0.3) is 5.70 Å². The lowest BCUT2D eigenvalue weighted by atomic mass is 10.0. The van der Waals surface area contributed by atoms with Crippen LogP contribution in [-0.2, 0) is 32.3 Å². The standard InChI is InChI=1S/C26H28N10O7S2/c1-26(2,24(41)42)43-32-17(16-6-28-25(27)45-16)21(39)29-18-22(40)35-19(20-30-33-34-31-20)13(10-44-23(18)35)9-36(3)7-11-4-14(37)15(38)5-12(11)8-36/h4-6,18,23H,7-10H2,1-3H3,(H6-,27,28,29,30,31,32,33,34,37,38,39,41,42)/p-1/t18-,23-/m1/s1. The number of nitrogens with one attached hydrogen (secondary N) is 1. The van der Waals surface area contributed by atoms with Crippen LogP contribution in [0.3, 0.4) is 0 Å². The van der Waals surface area contributed by atoms with E-state index in [9.17, 15) is 29.7 Å². The number of carbonyl (C=O) groups excluding carboxylic acids is 3. The van der Waals surface area contributed by atoms with Crippen LogP contribution in [-0.4, -0.2) is 100.0 Å². The number of rotatable bonds is 9. The highest BCUT2D eigenvalue weighted by Gasteiger charge is 2.54. The molecule has 2 aromatic heterocycles. The molecule has 17 nitrogen and oxygen atoms in total. The van der Waals surface area contributed by atoms with Crippen molar-refractivity contribution < 1.29 is 39.0 Å². The van der Waals surface area contributed by atoms with Gasteiger partial charge in [-0.15, -0.1) is 11.8 Å². The number of phenolic OH excluding ortho intramolecular Hbond substituents is 2. The van der Waals surface area contributed by atoms with Gasteiger partial charge in [-0.25, -0.2) is 4.98 Å². The SMILES string of the molecule is CC(C)(O/N=C(\C(=O)N[C@@H]1C(=O)N2C(c3nnn[n-]3)=C(C[N+]3(C)Cc4cc(O)c(O)cc4C3)CS[C@H]12)c1cnc(N)s1)C(=O)[O-]. The summed E-state index contributed by atoms with van der Waals surface area (Å²) < 4.78 is 0.506. The number of hydrogen-bond donors (Lipinski definition) is 4. The van der Waals surface area contributed by atoms with E-state index in [2.05, 4.69) is 36.1 Å². The molecule has 3 aliphatic rings. The summed E-state index contributed by atoms with van der Waals surface area (Å²) in [5, 5.41) is 52.8. The van der Waals surface area contributed by atoms with Gasteiger partial charge in [0.25, 0.3) is 11.8 Å². The van der Waals surface area contributed by atoms with E-state index >= 15 is 0 Å². The minimum atomic E-state index is -1.85. The predicted molar refractivity (Wildman–Crippen MR) is 157 cm³/mol. The van der Waals surface area contributed by atoms with Crippen LogP contribution in [0, 0.1) is 0 Å². The fraction of sp³-hybridized carbons (Fsp3) is 0.385. The van der Waals surface area contributed by atoms with Gasteiger partial charge in [0.05, 0.1) is 29.4 Å². The lowest BCUT2D eigenvalue weighted by Crippen LogP contribution is -2.70. The van der Waals surface area contributed by atoms with E-state index < -0.39 is 34.8 Å². The molecule has 3 aliphatic heterocycles. The average Bonchev–Trinajstić information content (AvgIpc) is 3.72. The van der Waals surface area contributed by atoms with Crippen LogP contribution < -0.4 is 21.3 Å². The first-order chi connectivity index (χ1) is 21.3. The van der Waals surface area contributed by atoms with Gasteiger partial charge in [-0.05, 0) is 26.0 Å². The van der Waals surface area contributed by atoms with Crippen molar-refractivity contribution in [2.75, 3.05) is 25.1 Å². The van der Waals surface area contributed by atoms with E-state index in [1.807, 2.05) is 7.05 Å². The third-order valence-electron chi connectivity index (χ3n) is 7.67. The van der Waals surface area contributed by atoms with Crippen molar-refractivity contribution in [1.29, 1.82) is 0 Å². The van der Waals surface area contributed by atoms with Crippen LogP contribution in [0.2, 0.25) is 0 Å². The third kappa shape index (κ3) is 5.53. The van der Waals surface area contributed by atoms with E-state index in [0.29, 0.717) is 35.6 Å². The fourth-order valence-corrected chi connectivity index (χ4v) is 7.46. The van der Waals surface area contributed by atoms with E-state index in [0.717, 1.165) is 28.0 Å². The predicted octanol–water partition coefficient (Wildman–Crippen LogP) is -1.50. The number of carboxylic acid groups (broad SMARTS) is 1. The maximum absolute atomic E-state index is 13.6. The number of aromatic nitrogens is 5. The molecule has 1 saturated heterocycles. The quantitative estimate of drug-likeness (QED) is 0.0674. The number of benzene rings is 1. The van der Waals surface area contributed by atoms with Crippen molar-refractivity contribution in [3.8, 4) is 11.5 Å². The second-order valence-electron chi connectivity index (χ2n) is 11.6. The van der Waals surface area contributed by atoms with Crippen molar-refractivity contribution in [1.82, 2.24) is 35.8 Å². The number of aromatic hydroxyl groups is 2. The smallest absolute Gasteiger partial charge is 0.275 e. The minimum absolute atomic E-state index is 0.142. The molecule has 19 heteroatoms. The van der Waals surface area contributed by atoms with Crippen LogP contribution >= 0.6 is 23.1 Å². The van der Waals surface area contributed by atoms with Crippen LogP contribution in [0.4, 0.5) is 5.13 Å². The minimum Gasteiger partial charge on any atom is -0.546 e. The molecule has 0 radical (unpaired) electrons. The number of anilines is 1. The van der Waals surface area contributed by atoms with Crippen LogP contribution in [0.1, 0.15) is 35.7 Å². The van der Waals surface area contributed by atoms with Crippen molar-refractivity contribution >= 4 is 57.4 Å². The van der Waals surface area contributed by atoms with Gasteiger partial charge in [0, 0.05) is 28.6 Å². The molecule has 3 aromatic rings. The lowest BCUT2D eigenvalue weighted by molar-refractivity contribution is -0.924. The van der Waals surface area contributed by atoms with E-state index in [4.69, 9.17) is 10.6 Å². The topological polar surface area (TPSA) is 243 Å². The number of thioether (sulfide) groups is 1. The molecule has 1 fully saturated rings. The van der Waals surface area contributed by atoms with Gasteiger partial charge in [0.15, 0.2) is 27.9 Å². The number of thiazole rings is 1. The number of nitrogen functional groups attached to an aromatic ring is 1. The number of nitrogens with two attached hydrogens (primary N) is 1. The third-order valence-corrected chi connectivity index (χ3v) is 9.84. The maximum atomic E-state index is 13.6. The Kier molecular flexibility index (Phi) is 7.40. The molecular weight excluding hydrogens is 628 g/mol. The molecule has 5 heterocycles. The second-order valence-corrected chi connectivity index (χ2v) is 13.8. The highest BCUT2D eigenvalue weighted by molar-refractivity contribution is 8.00. The van der Waals surface area contributed by atoms with Gasteiger partial charge in [-0.1, -0.05) is 16.5 Å². The molecule has 0 saturated carbocycles. The van der Waals surface area contributed by atoms with Crippen LogP contribution in [0.5, 0.6) is 11.5 Å². The van der Waals surface area contributed by atoms with Crippen molar-refractivity contribution in [3.05, 3.63) is 45.7 Å². The lowest BCUT2D eigenvalue weighted by Gasteiger charge is -2.51. The largest absolute Gasteiger partial charge is 0.546 e. The Hall–Kier alpha value is -4.75. The Balaban J connectivity index is 1.25. The number of quaternary nitrogens is 1. The van der Waals surface area contributed by atoms with Gasteiger partial charge < -0.3 is 45.6 Å². The number of nitrogens with zero attached hydrogens (tertiary/aromatic N) is 8. The molecular formula is C26H27N10O7S2-. The van der Waals surface area contributed by atoms with Gasteiger partial charge in [-0.3, -0.25) is 24.8 Å². The number of carboxylic acids is 1. The summed E-state index contributed by atoms with van der Waals surface area (Å²) in [4.78, 5) is 49.3. The first-order valence-corrected chi connectivity index (χ1v) is 15.4. The molecule has 0 aliphatic carbocycles. The average molecular weight is 656 g/mol. The highest BCUT2D eigenvalue weighted by atomic mass is 32.2. The van der Waals surface area contributed by atoms with Crippen molar-refractivity contribution in [2.24, 2.45) is 5.16 Å². The Morgan fingerprint density at radius 2 is 1.98 bits per heavy atom. The van der Waals surface area contributed by atoms with E-state index in [-0.39, 0.29) is 33.0 Å². The summed E-state index contributed by atoms with van der Waals surface area (Å²) >= 11 is 2.37. The number of carbonyl (C=O) groups is 3. The number of β-lactam (4-membered cyclic amide) rings is 1. The van der Waals surface area contributed by atoms with Crippen molar-refractivity contribution in [3.63, 3.8) is 0 Å². The number of tetrazole rings is 1. The fourth-order valence-electron chi connectivity index (χ4n) is 5.47. The molecule has 236 valence electrons. The number of phenols is 2. The number of fused-ring (bicyclic) bond motifs is 2. The summed E-state index contributed by atoms with van der Waals surface area (Å²) in [6.07, 6.45) is 1.29. The monoisotopic (exact) mass is 655 g/mol. The first kappa shape index (κ1) is 30.3.